The Morgan fingerprint density at radius 2 is 1.88 bits per heavy atom. The quantitative estimate of drug-likeness (QED) is 0.448. The highest BCUT2D eigenvalue weighted by atomic mass is 32.2. The van der Waals surface area contributed by atoms with E-state index in [1.54, 1.807) is 0 Å². The molecule has 0 amide bonds. The van der Waals surface area contributed by atoms with Gasteiger partial charge in [-0.1, -0.05) is 29.8 Å². The highest BCUT2D eigenvalue weighted by molar-refractivity contribution is 7.88. The molecule has 128 valence electrons. The summed E-state index contributed by atoms with van der Waals surface area (Å²) < 4.78 is 31.9. The second-order valence-electron chi connectivity index (χ2n) is 5.24. The zero-order valence-corrected chi connectivity index (χ0v) is 14.0. The molecule has 24 heavy (non-hydrogen) atoms. The lowest BCUT2D eigenvalue weighted by molar-refractivity contribution is -0.384. The van der Waals surface area contributed by atoms with E-state index in [1.807, 2.05) is 31.2 Å². The van der Waals surface area contributed by atoms with Gasteiger partial charge in [-0.05, 0) is 24.6 Å². The molecule has 0 fully saturated rings. The predicted octanol–water partition coefficient (Wildman–Crippen LogP) is 2.40. The first-order valence-corrected chi connectivity index (χ1v) is 8.91. The molecule has 2 aromatic rings. The predicted molar refractivity (Wildman–Crippen MR) is 90.4 cm³/mol. The van der Waals surface area contributed by atoms with Gasteiger partial charge >= 0.3 is 0 Å². The number of nitrogens with zero attached hydrogens (tertiary/aromatic N) is 1. The second kappa shape index (κ2) is 7.89. The Morgan fingerprint density at radius 3 is 2.54 bits per heavy atom. The number of nitro groups is 1. The van der Waals surface area contributed by atoms with E-state index in [0.717, 1.165) is 5.56 Å². The molecule has 0 atom stereocenters. The first kappa shape index (κ1) is 17.9. The van der Waals surface area contributed by atoms with Crippen molar-refractivity contribution in [2.45, 2.75) is 12.7 Å². The van der Waals surface area contributed by atoms with Gasteiger partial charge in [0.05, 0.1) is 10.7 Å². The van der Waals surface area contributed by atoms with Crippen molar-refractivity contribution in [3.05, 3.63) is 69.8 Å². The fourth-order valence-electron chi connectivity index (χ4n) is 2.03. The van der Waals surface area contributed by atoms with E-state index in [4.69, 9.17) is 4.74 Å². The van der Waals surface area contributed by atoms with E-state index >= 15 is 0 Å². The Morgan fingerprint density at radius 1 is 1.17 bits per heavy atom. The maximum absolute atomic E-state index is 12.0. The SMILES string of the molecule is Cc1ccc(OCCNS(=O)(=O)Cc2cccc([N+](=O)[O-])c2)cc1. The molecule has 0 heterocycles. The summed E-state index contributed by atoms with van der Waals surface area (Å²) in [5.41, 5.74) is 1.33. The summed E-state index contributed by atoms with van der Waals surface area (Å²) in [6.45, 7) is 2.27. The van der Waals surface area contributed by atoms with Crippen LogP contribution < -0.4 is 9.46 Å². The Bertz CT molecular complexity index is 803. The molecule has 0 saturated heterocycles. The molecule has 2 aromatic carbocycles. The van der Waals surface area contributed by atoms with Crippen LogP contribution in [0.1, 0.15) is 11.1 Å². The fraction of sp³-hybridized carbons (Fsp3) is 0.250. The number of nitrogens with one attached hydrogen (secondary N) is 1. The Balaban J connectivity index is 1.84. The molecule has 0 aliphatic carbocycles. The van der Waals surface area contributed by atoms with Gasteiger partial charge in [-0.15, -0.1) is 0 Å². The Kier molecular flexibility index (Phi) is 5.88. The van der Waals surface area contributed by atoms with Crippen molar-refractivity contribution >= 4 is 15.7 Å². The van der Waals surface area contributed by atoms with Crippen molar-refractivity contribution in [2.24, 2.45) is 0 Å². The molecular weight excluding hydrogens is 332 g/mol. The average Bonchev–Trinajstić information content (AvgIpc) is 2.53. The summed E-state index contributed by atoms with van der Waals surface area (Å²) in [6.07, 6.45) is 0. The van der Waals surface area contributed by atoms with Crippen LogP contribution in [0.5, 0.6) is 5.75 Å². The molecule has 0 unspecified atom stereocenters. The summed E-state index contributed by atoms with van der Waals surface area (Å²) >= 11 is 0. The summed E-state index contributed by atoms with van der Waals surface area (Å²) in [6, 6.07) is 13.0. The zero-order chi connectivity index (χ0) is 17.6. The normalized spacial score (nSPS) is 11.2. The van der Waals surface area contributed by atoms with E-state index < -0.39 is 14.9 Å². The lowest BCUT2D eigenvalue weighted by Gasteiger charge is -2.09. The standard InChI is InChI=1S/C16H18N2O5S/c1-13-5-7-16(8-6-13)23-10-9-17-24(21,22)12-14-3-2-4-15(11-14)18(19)20/h2-8,11,17H,9-10,12H2,1H3. The van der Waals surface area contributed by atoms with Crippen LogP contribution in [0.15, 0.2) is 48.5 Å². The molecule has 0 bridgehead atoms. The van der Waals surface area contributed by atoms with Crippen molar-refractivity contribution in [2.75, 3.05) is 13.2 Å². The third-order valence-corrected chi connectivity index (χ3v) is 4.55. The number of hydrogen-bond acceptors (Lipinski definition) is 5. The monoisotopic (exact) mass is 350 g/mol. The molecule has 7 nitrogen and oxygen atoms in total. The third-order valence-electron chi connectivity index (χ3n) is 3.19. The summed E-state index contributed by atoms with van der Waals surface area (Å²) in [5.74, 6) is 0.345. The minimum absolute atomic E-state index is 0.116. The highest BCUT2D eigenvalue weighted by Crippen LogP contribution is 2.15. The number of nitro benzene ring substituents is 1. The van der Waals surface area contributed by atoms with Crippen LogP contribution in [-0.2, 0) is 15.8 Å². The van der Waals surface area contributed by atoms with Gasteiger partial charge < -0.3 is 4.74 Å². The summed E-state index contributed by atoms with van der Waals surface area (Å²) in [4.78, 5) is 10.2. The van der Waals surface area contributed by atoms with Crippen LogP contribution in [0, 0.1) is 17.0 Å². The molecule has 0 aliphatic rings. The lowest BCUT2D eigenvalue weighted by Crippen LogP contribution is -2.29. The topological polar surface area (TPSA) is 98.5 Å². The molecule has 0 radical (unpaired) electrons. The van der Waals surface area contributed by atoms with Crippen molar-refractivity contribution < 1.29 is 18.1 Å². The van der Waals surface area contributed by atoms with Gasteiger partial charge in [-0.2, -0.15) is 0 Å². The van der Waals surface area contributed by atoms with Gasteiger partial charge in [0.1, 0.15) is 12.4 Å². The number of hydrogen-bond donors (Lipinski definition) is 1. The number of ether oxygens (including phenoxy) is 1. The summed E-state index contributed by atoms with van der Waals surface area (Å²) in [7, 11) is -3.59. The second-order valence-corrected chi connectivity index (χ2v) is 7.05. The van der Waals surface area contributed by atoms with Crippen LogP contribution in [0.4, 0.5) is 5.69 Å². The molecule has 0 aromatic heterocycles. The van der Waals surface area contributed by atoms with Gasteiger partial charge in [-0.3, -0.25) is 10.1 Å². The largest absolute Gasteiger partial charge is 0.492 e. The number of aryl methyl sites for hydroxylation is 1. The van der Waals surface area contributed by atoms with Crippen molar-refractivity contribution in [1.82, 2.24) is 4.72 Å². The van der Waals surface area contributed by atoms with Gasteiger partial charge in [0.2, 0.25) is 10.0 Å². The molecule has 8 heteroatoms. The minimum Gasteiger partial charge on any atom is -0.492 e. The van der Waals surface area contributed by atoms with E-state index in [9.17, 15) is 18.5 Å². The van der Waals surface area contributed by atoms with Gasteiger partial charge in [-0.25, -0.2) is 13.1 Å². The number of rotatable bonds is 8. The zero-order valence-electron chi connectivity index (χ0n) is 13.1. The van der Waals surface area contributed by atoms with E-state index in [-0.39, 0.29) is 24.6 Å². The molecular formula is C16H18N2O5S. The minimum atomic E-state index is -3.59. The smallest absolute Gasteiger partial charge is 0.269 e. The van der Waals surface area contributed by atoms with Crippen molar-refractivity contribution in [1.29, 1.82) is 0 Å². The number of benzene rings is 2. The molecule has 1 N–H and O–H groups in total. The molecule has 0 aliphatic heterocycles. The van der Waals surface area contributed by atoms with Crippen LogP contribution in [0.25, 0.3) is 0 Å². The fourth-order valence-corrected chi connectivity index (χ4v) is 3.15. The molecule has 0 saturated carbocycles. The first-order chi connectivity index (χ1) is 11.4. The maximum atomic E-state index is 12.0. The van der Waals surface area contributed by atoms with Gasteiger partial charge in [0.25, 0.3) is 5.69 Å². The van der Waals surface area contributed by atoms with E-state index in [0.29, 0.717) is 11.3 Å². The van der Waals surface area contributed by atoms with Gasteiger partial charge in [0, 0.05) is 18.7 Å². The van der Waals surface area contributed by atoms with E-state index in [1.165, 1.54) is 24.3 Å². The van der Waals surface area contributed by atoms with Crippen LogP contribution in [-0.4, -0.2) is 26.5 Å². The van der Waals surface area contributed by atoms with Crippen molar-refractivity contribution in [3.8, 4) is 5.75 Å². The molecule has 2 rings (SSSR count). The molecule has 0 spiro atoms. The first-order valence-electron chi connectivity index (χ1n) is 7.26. The van der Waals surface area contributed by atoms with Crippen LogP contribution in [0.2, 0.25) is 0 Å². The highest BCUT2D eigenvalue weighted by Gasteiger charge is 2.13. The number of sulfonamides is 1. The number of non-ortho nitro benzene ring substituents is 1. The van der Waals surface area contributed by atoms with Crippen LogP contribution in [0.3, 0.4) is 0 Å². The lowest BCUT2D eigenvalue weighted by atomic mass is 10.2. The van der Waals surface area contributed by atoms with Gasteiger partial charge in [0.15, 0.2) is 0 Å². The van der Waals surface area contributed by atoms with Crippen LogP contribution >= 0.6 is 0 Å². The third kappa shape index (κ3) is 5.64. The van der Waals surface area contributed by atoms with E-state index in [2.05, 4.69) is 4.72 Å². The Labute approximate surface area is 140 Å². The maximum Gasteiger partial charge on any atom is 0.269 e. The average molecular weight is 350 g/mol. The summed E-state index contributed by atoms with van der Waals surface area (Å²) in [5, 5.41) is 10.7. The Hall–Kier alpha value is -2.45. The van der Waals surface area contributed by atoms with Crippen molar-refractivity contribution in [3.63, 3.8) is 0 Å².